The van der Waals surface area contributed by atoms with E-state index in [4.69, 9.17) is 5.73 Å². The first-order valence-electron chi connectivity index (χ1n) is 7.44. The fourth-order valence-electron chi connectivity index (χ4n) is 3.94. The van der Waals surface area contributed by atoms with E-state index in [1.54, 1.807) is 0 Å². The summed E-state index contributed by atoms with van der Waals surface area (Å²) in [6.45, 7) is 7.21. The van der Waals surface area contributed by atoms with Gasteiger partial charge in [-0.05, 0) is 57.5 Å². The minimum Gasteiger partial charge on any atom is -0.388 e. The Balaban J connectivity index is 2.17. The van der Waals surface area contributed by atoms with E-state index in [2.05, 4.69) is 25.8 Å². The molecule has 1 saturated carbocycles. The van der Waals surface area contributed by atoms with Crippen molar-refractivity contribution in [3.63, 3.8) is 0 Å². The molecule has 1 heterocycles. The lowest BCUT2D eigenvalue weighted by Gasteiger charge is -2.55. The van der Waals surface area contributed by atoms with Crippen molar-refractivity contribution in [3.05, 3.63) is 0 Å². The molecule has 18 heavy (non-hydrogen) atoms. The first-order valence-corrected chi connectivity index (χ1v) is 7.44. The largest absolute Gasteiger partial charge is 0.388 e. The number of nitrogens with two attached hydrogens (primary N) is 1. The summed E-state index contributed by atoms with van der Waals surface area (Å²) in [6, 6.07) is 0. The quantitative estimate of drug-likeness (QED) is 0.792. The molecule has 1 aliphatic carbocycles. The maximum absolute atomic E-state index is 11.2. The molecule has 0 bridgehead atoms. The number of β-amino-alcohol motifs (C(OH)–C–C–N with tert-alkyl or cyclic N) is 1. The van der Waals surface area contributed by atoms with Crippen molar-refractivity contribution in [1.29, 1.82) is 0 Å². The van der Waals surface area contributed by atoms with Crippen LogP contribution in [0.25, 0.3) is 0 Å². The van der Waals surface area contributed by atoms with Crippen molar-refractivity contribution in [2.45, 2.75) is 58.0 Å². The van der Waals surface area contributed by atoms with Crippen LogP contribution in [-0.4, -0.2) is 42.3 Å². The molecular weight excluding hydrogens is 224 g/mol. The van der Waals surface area contributed by atoms with Crippen LogP contribution in [0.5, 0.6) is 0 Å². The van der Waals surface area contributed by atoms with Crippen molar-refractivity contribution >= 4 is 0 Å². The Morgan fingerprint density at radius 1 is 1.11 bits per heavy atom. The van der Waals surface area contributed by atoms with Gasteiger partial charge in [-0.1, -0.05) is 13.8 Å². The highest BCUT2D eigenvalue weighted by atomic mass is 16.3. The second kappa shape index (κ2) is 4.77. The maximum Gasteiger partial charge on any atom is 0.0842 e. The van der Waals surface area contributed by atoms with E-state index < -0.39 is 5.60 Å². The Kier molecular flexibility index (Phi) is 3.79. The highest BCUT2D eigenvalue weighted by Crippen LogP contribution is 2.52. The van der Waals surface area contributed by atoms with Crippen LogP contribution in [0.2, 0.25) is 0 Å². The van der Waals surface area contributed by atoms with Crippen molar-refractivity contribution in [2.24, 2.45) is 16.6 Å². The number of rotatable bonds is 2. The van der Waals surface area contributed by atoms with Crippen LogP contribution < -0.4 is 5.73 Å². The van der Waals surface area contributed by atoms with Crippen LogP contribution in [-0.2, 0) is 0 Å². The Labute approximate surface area is 112 Å². The summed E-state index contributed by atoms with van der Waals surface area (Å²) >= 11 is 0. The van der Waals surface area contributed by atoms with E-state index >= 15 is 0 Å². The van der Waals surface area contributed by atoms with Gasteiger partial charge in [0, 0.05) is 18.5 Å². The molecular formula is C15H30N2O. The minimum absolute atomic E-state index is 0.0444. The predicted molar refractivity (Wildman–Crippen MR) is 75.4 cm³/mol. The van der Waals surface area contributed by atoms with E-state index in [9.17, 15) is 5.11 Å². The lowest BCUT2D eigenvalue weighted by Crippen LogP contribution is -2.61. The van der Waals surface area contributed by atoms with Crippen LogP contribution in [0.15, 0.2) is 0 Å². The third kappa shape index (κ3) is 2.45. The molecule has 0 aromatic rings. The second-order valence-corrected chi connectivity index (χ2v) is 7.52. The highest BCUT2D eigenvalue weighted by molar-refractivity contribution is 5.05. The Hall–Kier alpha value is -0.120. The van der Waals surface area contributed by atoms with Crippen LogP contribution >= 0.6 is 0 Å². The fourth-order valence-corrected chi connectivity index (χ4v) is 3.94. The van der Waals surface area contributed by atoms with Gasteiger partial charge in [-0.2, -0.15) is 0 Å². The van der Waals surface area contributed by atoms with Gasteiger partial charge in [-0.25, -0.2) is 0 Å². The number of nitrogens with zero attached hydrogens (tertiary/aromatic N) is 1. The molecule has 1 atom stereocenters. The molecule has 1 unspecified atom stereocenters. The average molecular weight is 254 g/mol. The summed E-state index contributed by atoms with van der Waals surface area (Å²) in [5.74, 6) is 0. The smallest absolute Gasteiger partial charge is 0.0842 e. The zero-order valence-corrected chi connectivity index (χ0v) is 12.3. The summed E-state index contributed by atoms with van der Waals surface area (Å²) in [6.07, 6.45) is 6.57. The molecule has 0 aromatic carbocycles. The average Bonchev–Trinajstić information content (AvgIpc) is 2.29. The third-order valence-corrected chi connectivity index (χ3v) is 5.60. The van der Waals surface area contributed by atoms with E-state index in [0.717, 1.165) is 38.8 Å². The second-order valence-electron chi connectivity index (χ2n) is 7.52. The molecule has 2 aliphatic rings. The number of hydrogen-bond donors (Lipinski definition) is 2. The molecule has 106 valence electrons. The molecule has 1 aliphatic heterocycles. The summed E-state index contributed by atoms with van der Waals surface area (Å²) in [5, 5.41) is 11.2. The number of aliphatic hydroxyl groups is 1. The molecule has 0 amide bonds. The number of likely N-dealkylation sites (tertiary alicyclic amines) is 1. The molecule has 2 rings (SSSR count). The highest BCUT2D eigenvalue weighted by Gasteiger charge is 2.52. The lowest BCUT2D eigenvalue weighted by atomic mass is 9.56. The van der Waals surface area contributed by atoms with E-state index in [0.29, 0.717) is 12.0 Å². The van der Waals surface area contributed by atoms with Gasteiger partial charge >= 0.3 is 0 Å². The first-order chi connectivity index (χ1) is 8.33. The standard InChI is InChI=1S/C15H30N2O/c1-13(2)6-8-14(11-16,9-7-13)15(18)5-4-10-17(3)12-15/h18H,4-12,16H2,1-3H3. The van der Waals surface area contributed by atoms with E-state index in [1.165, 1.54) is 12.8 Å². The zero-order chi connectivity index (χ0) is 13.4. The Morgan fingerprint density at radius 3 is 2.22 bits per heavy atom. The summed E-state index contributed by atoms with van der Waals surface area (Å²) < 4.78 is 0. The molecule has 0 spiro atoms. The van der Waals surface area contributed by atoms with Crippen molar-refractivity contribution < 1.29 is 5.11 Å². The first kappa shape index (κ1) is 14.3. The monoisotopic (exact) mass is 254 g/mol. The van der Waals surface area contributed by atoms with Crippen LogP contribution in [0, 0.1) is 10.8 Å². The van der Waals surface area contributed by atoms with Gasteiger partial charge in [0.25, 0.3) is 0 Å². The van der Waals surface area contributed by atoms with Gasteiger partial charge in [0.1, 0.15) is 0 Å². The topological polar surface area (TPSA) is 49.5 Å². The number of piperidine rings is 1. The van der Waals surface area contributed by atoms with Crippen LogP contribution in [0.4, 0.5) is 0 Å². The van der Waals surface area contributed by atoms with Gasteiger partial charge in [-0.15, -0.1) is 0 Å². The molecule has 3 heteroatoms. The lowest BCUT2D eigenvalue weighted by molar-refractivity contribution is -0.142. The summed E-state index contributed by atoms with van der Waals surface area (Å²) in [7, 11) is 2.11. The maximum atomic E-state index is 11.2. The SMILES string of the molecule is CN1CCCC(O)(C2(CN)CCC(C)(C)CC2)C1. The van der Waals surface area contributed by atoms with Gasteiger partial charge in [0.2, 0.25) is 0 Å². The van der Waals surface area contributed by atoms with Crippen molar-refractivity contribution in [1.82, 2.24) is 4.90 Å². The normalized spacial score (nSPS) is 36.5. The van der Waals surface area contributed by atoms with Crippen LogP contribution in [0.1, 0.15) is 52.4 Å². The Bertz CT molecular complexity index is 293. The molecule has 2 fully saturated rings. The van der Waals surface area contributed by atoms with Crippen molar-refractivity contribution in [2.75, 3.05) is 26.7 Å². The molecule has 3 nitrogen and oxygen atoms in total. The van der Waals surface area contributed by atoms with E-state index in [1.807, 2.05) is 0 Å². The number of likely N-dealkylation sites (N-methyl/N-ethyl adjacent to an activating group) is 1. The van der Waals surface area contributed by atoms with Gasteiger partial charge in [-0.3, -0.25) is 0 Å². The summed E-state index contributed by atoms with van der Waals surface area (Å²) in [5.41, 5.74) is 5.93. The zero-order valence-electron chi connectivity index (χ0n) is 12.3. The minimum atomic E-state index is -0.564. The van der Waals surface area contributed by atoms with Gasteiger partial charge in [0.05, 0.1) is 5.60 Å². The predicted octanol–water partition coefficient (Wildman–Crippen LogP) is 1.99. The molecule has 0 aromatic heterocycles. The molecule has 0 radical (unpaired) electrons. The number of hydrogen-bond acceptors (Lipinski definition) is 3. The van der Waals surface area contributed by atoms with E-state index in [-0.39, 0.29) is 5.41 Å². The third-order valence-electron chi connectivity index (χ3n) is 5.60. The Morgan fingerprint density at radius 2 is 1.72 bits per heavy atom. The van der Waals surface area contributed by atoms with Gasteiger partial charge < -0.3 is 15.7 Å². The molecule has 1 saturated heterocycles. The van der Waals surface area contributed by atoms with Crippen LogP contribution in [0.3, 0.4) is 0 Å². The fraction of sp³-hybridized carbons (Fsp3) is 1.00. The summed E-state index contributed by atoms with van der Waals surface area (Å²) in [4.78, 5) is 2.26. The van der Waals surface area contributed by atoms with Gasteiger partial charge in [0.15, 0.2) is 0 Å². The molecule has 3 N–H and O–H groups in total. The van der Waals surface area contributed by atoms with Crippen molar-refractivity contribution in [3.8, 4) is 0 Å².